The zero-order valence-electron chi connectivity index (χ0n) is 12.0. The van der Waals surface area contributed by atoms with Crippen LogP contribution in [0.25, 0.3) is 0 Å². The standard InChI is InChI=1S/C14H26O4S/c1-3-7-14(17)19-12(10-11-15)8-5-6-9-13(16)18-4-2/h12,15H,3-11H2,1-2H3. The fourth-order valence-corrected chi connectivity index (χ4v) is 2.93. The summed E-state index contributed by atoms with van der Waals surface area (Å²) in [7, 11) is 0. The fourth-order valence-electron chi connectivity index (χ4n) is 1.73. The van der Waals surface area contributed by atoms with Crippen LogP contribution in [0.15, 0.2) is 0 Å². The average molecular weight is 290 g/mol. The van der Waals surface area contributed by atoms with E-state index in [-0.39, 0.29) is 22.9 Å². The van der Waals surface area contributed by atoms with E-state index in [4.69, 9.17) is 9.84 Å². The van der Waals surface area contributed by atoms with Crippen LogP contribution in [0.3, 0.4) is 0 Å². The first-order valence-corrected chi connectivity index (χ1v) is 7.97. The monoisotopic (exact) mass is 290 g/mol. The number of unbranched alkanes of at least 4 members (excludes halogenated alkanes) is 1. The maximum absolute atomic E-state index is 11.6. The minimum absolute atomic E-state index is 0.106. The van der Waals surface area contributed by atoms with Gasteiger partial charge in [-0.05, 0) is 32.6 Å². The number of thioether (sulfide) groups is 1. The molecule has 19 heavy (non-hydrogen) atoms. The lowest BCUT2D eigenvalue weighted by Gasteiger charge is -2.14. The van der Waals surface area contributed by atoms with Crippen molar-refractivity contribution in [2.75, 3.05) is 13.2 Å². The van der Waals surface area contributed by atoms with Gasteiger partial charge in [-0.3, -0.25) is 9.59 Å². The first kappa shape index (κ1) is 18.4. The fraction of sp³-hybridized carbons (Fsp3) is 0.857. The van der Waals surface area contributed by atoms with Gasteiger partial charge in [0.2, 0.25) is 0 Å². The third-order valence-corrected chi connectivity index (χ3v) is 3.94. The minimum atomic E-state index is -0.157. The molecule has 4 nitrogen and oxygen atoms in total. The van der Waals surface area contributed by atoms with E-state index >= 15 is 0 Å². The van der Waals surface area contributed by atoms with Gasteiger partial charge in [0.1, 0.15) is 0 Å². The van der Waals surface area contributed by atoms with Gasteiger partial charge in [0.15, 0.2) is 5.12 Å². The topological polar surface area (TPSA) is 63.6 Å². The predicted octanol–water partition coefficient (Wildman–Crippen LogP) is 2.92. The van der Waals surface area contributed by atoms with Gasteiger partial charge in [-0.1, -0.05) is 25.1 Å². The van der Waals surface area contributed by atoms with Gasteiger partial charge >= 0.3 is 5.97 Å². The summed E-state index contributed by atoms with van der Waals surface area (Å²) in [5.74, 6) is -0.157. The quantitative estimate of drug-likeness (QED) is 0.468. The summed E-state index contributed by atoms with van der Waals surface area (Å²) in [4.78, 5) is 22.7. The molecule has 0 fully saturated rings. The van der Waals surface area contributed by atoms with Crippen molar-refractivity contribution in [3.8, 4) is 0 Å². The number of carbonyl (C=O) groups is 2. The van der Waals surface area contributed by atoms with Crippen LogP contribution < -0.4 is 0 Å². The van der Waals surface area contributed by atoms with Gasteiger partial charge < -0.3 is 9.84 Å². The molecule has 0 saturated carbocycles. The van der Waals surface area contributed by atoms with E-state index in [2.05, 4.69) is 0 Å². The number of rotatable bonds is 11. The summed E-state index contributed by atoms with van der Waals surface area (Å²) >= 11 is 1.35. The molecule has 0 aliphatic carbocycles. The predicted molar refractivity (Wildman–Crippen MR) is 78.1 cm³/mol. The number of aliphatic hydroxyl groups excluding tert-OH is 1. The molecule has 0 heterocycles. The third kappa shape index (κ3) is 11.0. The molecule has 0 saturated heterocycles. The number of aliphatic hydroxyl groups is 1. The Kier molecular flexibility index (Phi) is 12.1. The Balaban J connectivity index is 3.81. The second-order valence-electron chi connectivity index (χ2n) is 4.42. The van der Waals surface area contributed by atoms with Gasteiger partial charge in [0.25, 0.3) is 0 Å². The van der Waals surface area contributed by atoms with Crippen molar-refractivity contribution in [1.29, 1.82) is 0 Å². The highest BCUT2D eigenvalue weighted by Gasteiger charge is 2.14. The molecule has 0 aromatic rings. The molecule has 0 radical (unpaired) electrons. The second-order valence-corrected chi connectivity index (χ2v) is 5.78. The maximum atomic E-state index is 11.6. The largest absolute Gasteiger partial charge is 0.466 e. The zero-order chi connectivity index (χ0) is 14.5. The van der Waals surface area contributed by atoms with Crippen LogP contribution in [-0.2, 0) is 14.3 Å². The number of ether oxygens (including phenoxy) is 1. The van der Waals surface area contributed by atoms with Gasteiger partial charge in [-0.2, -0.15) is 0 Å². The Bertz CT molecular complexity index is 256. The summed E-state index contributed by atoms with van der Waals surface area (Å²) in [5, 5.41) is 9.37. The molecule has 0 amide bonds. The molecule has 112 valence electrons. The van der Waals surface area contributed by atoms with Crippen molar-refractivity contribution in [3.05, 3.63) is 0 Å². The summed E-state index contributed by atoms with van der Waals surface area (Å²) in [6.07, 6.45) is 5.06. The molecular formula is C14H26O4S. The molecule has 1 N–H and O–H groups in total. The van der Waals surface area contributed by atoms with E-state index in [0.717, 1.165) is 25.7 Å². The highest BCUT2D eigenvalue weighted by molar-refractivity contribution is 8.14. The van der Waals surface area contributed by atoms with E-state index in [1.807, 2.05) is 6.92 Å². The van der Waals surface area contributed by atoms with E-state index in [1.54, 1.807) is 6.92 Å². The highest BCUT2D eigenvalue weighted by Crippen LogP contribution is 2.23. The Labute approximate surface area is 120 Å². The molecule has 0 aromatic carbocycles. The Morgan fingerprint density at radius 2 is 1.89 bits per heavy atom. The highest BCUT2D eigenvalue weighted by atomic mass is 32.2. The molecule has 0 rings (SSSR count). The van der Waals surface area contributed by atoms with Gasteiger partial charge in [0.05, 0.1) is 6.61 Å². The molecule has 0 aromatic heterocycles. The first-order valence-electron chi connectivity index (χ1n) is 7.09. The van der Waals surface area contributed by atoms with Crippen LogP contribution in [-0.4, -0.2) is 34.7 Å². The summed E-state index contributed by atoms with van der Waals surface area (Å²) in [5.41, 5.74) is 0. The lowest BCUT2D eigenvalue weighted by molar-refractivity contribution is -0.143. The van der Waals surface area contributed by atoms with Crippen LogP contribution in [0.5, 0.6) is 0 Å². The molecule has 1 unspecified atom stereocenters. The van der Waals surface area contributed by atoms with Crippen molar-refractivity contribution >= 4 is 22.8 Å². The van der Waals surface area contributed by atoms with Crippen LogP contribution in [0.4, 0.5) is 0 Å². The van der Waals surface area contributed by atoms with Crippen LogP contribution in [0.2, 0.25) is 0 Å². The number of carbonyl (C=O) groups excluding carboxylic acids is 2. The van der Waals surface area contributed by atoms with Gasteiger partial charge in [0, 0.05) is 24.7 Å². The second kappa shape index (κ2) is 12.5. The Morgan fingerprint density at radius 1 is 1.16 bits per heavy atom. The van der Waals surface area contributed by atoms with E-state index in [9.17, 15) is 9.59 Å². The number of esters is 1. The smallest absolute Gasteiger partial charge is 0.305 e. The first-order chi connectivity index (χ1) is 9.13. The van der Waals surface area contributed by atoms with Gasteiger partial charge in [-0.15, -0.1) is 0 Å². The Morgan fingerprint density at radius 3 is 2.47 bits per heavy atom. The molecule has 1 atom stereocenters. The summed E-state index contributed by atoms with van der Waals surface area (Å²) in [6, 6.07) is 0. The van der Waals surface area contributed by atoms with Crippen molar-refractivity contribution in [1.82, 2.24) is 0 Å². The van der Waals surface area contributed by atoms with E-state index in [0.29, 0.717) is 25.9 Å². The van der Waals surface area contributed by atoms with Crippen molar-refractivity contribution in [2.45, 2.75) is 64.0 Å². The molecule has 0 bridgehead atoms. The van der Waals surface area contributed by atoms with E-state index in [1.165, 1.54) is 11.8 Å². The Hall–Kier alpha value is -0.550. The molecule has 0 aliphatic heterocycles. The van der Waals surface area contributed by atoms with Crippen molar-refractivity contribution in [2.24, 2.45) is 0 Å². The minimum Gasteiger partial charge on any atom is -0.466 e. The number of hydrogen-bond acceptors (Lipinski definition) is 5. The molecule has 0 aliphatic rings. The summed E-state index contributed by atoms with van der Waals surface area (Å²) < 4.78 is 4.85. The SMILES string of the molecule is CCCC(=O)SC(CCO)CCCCC(=O)OCC. The lowest BCUT2D eigenvalue weighted by atomic mass is 10.1. The van der Waals surface area contributed by atoms with Crippen molar-refractivity contribution in [3.63, 3.8) is 0 Å². The summed E-state index contributed by atoms with van der Waals surface area (Å²) in [6.45, 7) is 4.31. The third-order valence-electron chi connectivity index (χ3n) is 2.67. The maximum Gasteiger partial charge on any atom is 0.305 e. The molecule has 0 spiro atoms. The normalized spacial score (nSPS) is 12.2. The van der Waals surface area contributed by atoms with Crippen LogP contribution in [0, 0.1) is 0 Å². The average Bonchev–Trinajstić information content (AvgIpc) is 2.35. The van der Waals surface area contributed by atoms with Crippen LogP contribution in [0.1, 0.15) is 58.8 Å². The zero-order valence-corrected chi connectivity index (χ0v) is 12.8. The molecule has 5 heteroatoms. The van der Waals surface area contributed by atoms with Gasteiger partial charge in [-0.25, -0.2) is 0 Å². The van der Waals surface area contributed by atoms with Crippen molar-refractivity contribution < 1.29 is 19.4 Å². The van der Waals surface area contributed by atoms with Crippen LogP contribution >= 0.6 is 11.8 Å². The number of hydrogen-bond donors (Lipinski definition) is 1. The van der Waals surface area contributed by atoms with E-state index < -0.39 is 0 Å². The lowest BCUT2D eigenvalue weighted by Crippen LogP contribution is -2.10. The molecular weight excluding hydrogens is 264 g/mol.